The maximum atomic E-state index is 12.0. The van der Waals surface area contributed by atoms with Gasteiger partial charge in [-0.05, 0) is 44.2 Å². The number of nitrogens with zero attached hydrogens (tertiary/aromatic N) is 1. The third kappa shape index (κ3) is 3.03. The molecule has 92 valence electrons. The highest BCUT2D eigenvalue weighted by Gasteiger charge is 2.21. The molecule has 1 amide bonds. The lowest BCUT2D eigenvalue weighted by atomic mass is 9.91. The summed E-state index contributed by atoms with van der Waals surface area (Å²) in [5.41, 5.74) is 7.47. The number of rotatable bonds is 2. The van der Waals surface area contributed by atoms with Crippen molar-refractivity contribution in [3.63, 3.8) is 0 Å². The number of amides is 1. The van der Waals surface area contributed by atoms with Crippen molar-refractivity contribution in [3.8, 4) is 0 Å². The fraction of sp³-hybridized carbons (Fsp3) is 0.538. The van der Waals surface area contributed by atoms with Crippen LogP contribution in [0.25, 0.3) is 0 Å². The van der Waals surface area contributed by atoms with Crippen molar-refractivity contribution in [2.24, 2.45) is 5.73 Å². The van der Waals surface area contributed by atoms with Gasteiger partial charge in [0, 0.05) is 24.5 Å². The molecule has 1 saturated carbocycles. The summed E-state index contributed by atoms with van der Waals surface area (Å²) in [6.07, 6.45) is 7.28. The summed E-state index contributed by atoms with van der Waals surface area (Å²) >= 11 is 0. The van der Waals surface area contributed by atoms with Gasteiger partial charge in [0.1, 0.15) is 0 Å². The molecule has 0 aliphatic heterocycles. The van der Waals surface area contributed by atoms with Gasteiger partial charge in [0.05, 0.1) is 5.56 Å². The molecule has 0 aromatic carbocycles. The summed E-state index contributed by atoms with van der Waals surface area (Å²) in [4.78, 5) is 16.0. The average molecular weight is 233 g/mol. The number of hydrogen-bond donors (Lipinski definition) is 2. The van der Waals surface area contributed by atoms with Gasteiger partial charge in [-0.2, -0.15) is 0 Å². The molecule has 1 aromatic rings. The maximum Gasteiger partial charge on any atom is 0.253 e. The summed E-state index contributed by atoms with van der Waals surface area (Å²) in [6, 6.07) is 2.43. The highest BCUT2D eigenvalue weighted by Crippen LogP contribution is 2.17. The van der Waals surface area contributed by atoms with Crippen molar-refractivity contribution in [2.45, 2.75) is 44.7 Å². The van der Waals surface area contributed by atoms with E-state index in [-0.39, 0.29) is 11.9 Å². The molecule has 1 fully saturated rings. The molecule has 1 heterocycles. The minimum atomic E-state index is -0.0175. The number of carbonyl (C=O) groups excluding carboxylic acids is 1. The zero-order chi connectivity index (χ0) is 12.3. The Morgan fingerprint density at radius 3 is 2.76 bits per heavy atom. The lowest BCUT2D eigenvalue weighted by molar-refractivity contribution is 0.0925. The van der Waals surface area contributed by atoms with E-state index in [9.17, 15) is 4.79 Å². The number of pyridine rings is 1. The minimum absolute atomic E-state index is 0.0175. The lowest BCUT2D eigenvalue weighted by Gasteiger charge is -2.26. The van der Waals surface area contributed by atoms with E-state index < -0.39 is 0 Å². The van der Waals surface area contributed by atoms with Crippen molar-refractivity contribution < 1.29 is 4.79 Å². The molecule has 2 rings (SSSR count). The SMILES string of the molecule is Cc1ccncc1C(=O)NC1CCC(N)CC1. The molecule has 17 heavy (non-hydrogen) atoms. The molecular formula is C13H19N3O. The van der Waals surface area contributed by atoms with Gasteiger partial charge in [0.15, 0.2) is 0 Å². The van der Waals surface area contributed by atoms with Crippen molar-refractivity contribution in [2.75, 3.05) is 0 Å². The van der Waals surface area contributed by atoms with E-state index in [4.69, 9.17) is 5.73 Å². The second-order valence-electron chi connectivity index (χ2n) is 4.78. The molecule has 1 aromatic heterocycles. The topological polar surface area (TPSA) is 68.0 Å². The normalized spacial score (nSPS) is 24.4. The van der Waals surface area contributed by atoms with Crippen LogP contribution in [0.4, 0.5) is 0 Å². The Morgan fingerprint density at radius 1 is 1.41 bits per heavy atom. The van der Waals surface area contributed by atoms with Crippen LogP contribution in [0.15, 0.2) is 18.5 Å². The average Bonchev–Trinajstić information content (AvgIpc) is 2.32. The lowest BCUT2D eigenvalue weighted by Crippen LogP contribution is -2.40. The van der Waals surface area contributed by atoms with Crippen LogP contribution >= 0.6 is 0 Å². The van der Waals surface area contributed by atoms with E-state index in [1.54, 1.807) is 12.4 Å². The van der Waals surface area contributed by atoms with Crippen LogP contribution in [0, 0.1) is 6.92 Å². The third-order valence-corrected chi connectivity index (χ3v) is 3.39. The summed E-state index contributed by atoms with van der Waals surface area (Å²) in [7, 11) is 0. The third-order valence-electron chi connectivity index (χ3n) is 3.39. The molecule has 0 bridgehead atoms. The quantitative estimate of drug-likeness (QED) is 0.811. The van der Waals surface area contributed by atoms with E-state index >= 15 is 0 Å². The Balaban J connectivity index is 1.96. The number of carbonyl (C=O) groups is 1. The largest absolute Gasteiger partial charge is 0.349 e. The predicted octanol–water partition coefficient (Wildman–Crippen LogP) is 1.39. The Labute approximate surface area is 102 Å². The van der Waals surface area contributed by atoms with Crippen molar-refractivity contribution in [3.05, 3.63) is 29.6 Å². The molecule has 3 N–H and O–H groups in total. The second-order valence-corrected chi connectivity index (χ2v) is 4.78. The Kier molecular flexibility index (Phi) is 3.74. The molecule has 1 aliphatic rings. The van der Waals surface area contributed by atoms with E-state index in [0.29, 0.717) is 11.6 Å². The van der Waals surface area contributed by atoms with Crippen molar-refractivity contribution in [1.82, 2.24) is 10.3 Å². The van der Waals surface area contributed by atoms with Gasteiger partial charge in [0.2, 0.25) is 0 Å². The Bertz CT molecular complexity index is 397. The Hall–Kier alpha value is -1.42. The fourth-order valence-electron chi connectivity index (χ4n) is 2.23. The number of aromatic nitrogens is 1. The summed E-state index contributed by atoms with van der Waals surface area (Å²) < 4.78 is 0. The van der Waals surface area contributed by atoms with Gasteiger partial charge in [-0.3, -0.25) is 9.78 Å². The van der Waals surface area contributed by atoms with E-state index in [1.807, 2.05) is 13.0 Å². The highest BCUT2D eigenvalue weighted by atomic mass is 16.1. The van der Waals surface area contributed by atoms with Crippen LogP contribution in [-0.2, 0) is 0 Å². The molecule has 0 atom stereocenters. The second kappa shape index (κ2) is 5.27. The molecule has 0 spiro atoms. The van der Waals surface area contributed by atoms with Crippen molar-refractivity contribution in [1.29, 1.82) is 0 Å². The molecule has 4 heteroatoms. The fourth-order valence-corrected chi connectivity index (χ4v) is 2.23. The summed E-state index contributed by atoms with van der Waals surface area (Å²) in [5.74, 6) is -0.0175. The van der Waals surface area contributed by atoms with Gasteiger partial charge < -0.3 is 11.1 Å². The van der Waals surface area contributed by atoms with Crippen molar-refractivity contribution >= 4 is 5.91 Å². The standard InChI is InChI=1S/C13H19N3O/c1-9-6-7-15-8-12(9)13(17)16-11-4-2-10(14)3-5-11/h6-8,10-11H,2-5,14H2,1H3,(H,16,17). The first kappa shape index (κ1) is 12.0. The molecular weight excluding hydrogens is 214 g/mol. The molecule has 1 aliphatic carbocycles. The summed E-state index contributed by atoms with van der Waals surface area (Å²) in [6.45, 7) is 1.92. The van der Waals surface area contributed by atoms with Gasteiger partial charge in [-0.1, -0.05) is 0 Å². The van der Waals surface area contributed by atoms with E-state index in [1.165, 1.54) is 0 Å². The first-order chi connectivity index (χ1) is 8.16. The first-order valence-corrected chi connectivity index (χ1v) is 6.14. The smallest absolute Gasteiger partial charge is 0.253 e. The molecule has 0 saturated heterocycles. The maximum absolute atomic E-state index is 12.0. The molecule has 0 radical (unpaired) electrons. The Morgan fingerprint density at radius 2 is 2.12 bits per heavy atom. The number of nitrogens with one attached hydrogen (secondary N) is 1. The van der Waals surface area contributed by atoms with Gasteiger partial charge in [-0.15, -0.1) is 0 Å². The van der Waals surface area contributed by atoms with Gasteiger partial charge in [0.25, 0.3) is 5.91 Å². The predicted molar refractivity (Wildman–Crippen MR) is 66.7 cm³/mol. The van der Waals surface area contributed by atoms with E-state index in [0.717, 1.165) is 31.2 Å². The van der Waals surface area contributed by atoms with Gasteiger partial charge >= 0.3 is 0 Å². The van der Waals surface area contributed by atoms with Crippen LogP contribution < -0.4 is 11.1 Å². The van der Waals surface area contributed by atoms with Crippen LogP contribution in [0.5, 0.6) is 0 Å². The molecule has 4 nitrogen and oxygen atoms in total. The van der Waals surface area contributed by atoms with Gasteiger partial charge in [-0.25, -0.2) is 0 Å². The highest BCUT2D eigenvalue weighted by molar-refractivity contribution is 5.95. The summed E-state index contributed by atoms with van der Waals surface area (Å²) in [5, 5.41) is 3.06. The zero-order valence-electron chi connectivity index (χ0n) is 10.1. The molecule has 0 unspecified atom stereocenters. The monoisotopic (exact) mass is 233 g/mol. The van der Waals surface area contributed by atoms with Crippen LogP contribution in [-0.4, -0.2) is 23.0 Å². The minimum Gasteiger partial charge on any atom is -0.349 e. The number of nitrogens with two attached hydrogens (primary N) is 1. The van der Waals surface area contributed by atoms with Crippen LogP contribution in [0.2, 0.25) is 0 Å². The first-order valence-electron chi connectivity index (χ1n) is 6.14. The van der Waals surface area contributed by atoms with Crippen LogP contribution in [0.1, 0.15) is 41.6 Å². The number of hydrogen-bond acceptors (Lipinski definition) is 3. The van der Waals surface area contributed by atoms with Crippen LogP contribution in [0.3, 0.4) is 0 Å². The zero-order valence-corrected chi connectivity index (χ0v) is 10.1. The van der Waals surface area contributed by atoms with E-state index in [2.05, 4.69) is 10.3 Å². The number of aryl methyl sites for hydroxylation is 1.